The van der Waals surface area contributed by atoms with Crippen LogP contribution in [0.2, 0.25) is 0 Å². The number of carbonyl (C=O) groups is 2. The third kappa shape index (κ3) is 6.15. The number of ether oxygens (including phenoxy) is 1. The molecule has 2 rings (SSSR count). The van der Waals surface area contributed by atoms with Crippen molar-refractivity contribution in [3.63, 3.8) is 0 Å². The highest BCUT2D eigenvalue weighted by Gasteiger charge is 2.18. The minimum absolute atomic E-state index is 0.0716. The smallest absolute Gasteiger partial charge is 0.305 e. The monoisotopic (exact) mass is 376 g/mol. The van der Waals surface area contributed by atoms with Crippen molar-refractivity contribution in [1.82, 2.24) is 9.88 Å². The number of carbonyl (C=O) groups excluding carboxylic acids is 1. The van der Waals surface area contributed by atoms with E-state index in [1.807, 2.05) is 26.2 Å². The van der Waals surface area contributed by atoms with Crippen molar-refractivity contribution in [3.8, 4) is 5.75 Å². The maximum atomic E-state index is 12.8. The number of hydrogen-bond donors (Lipinski definition) is 1. The number of carboxylic acid groups (broad SMARTS) is 1. The second-order valence-electron chi connectivity index (χ2n) is 6.46. The van der Waals surface area contributed by atoms with Gasteiger partial charge in [0.1, 0.15) is 12.4 Å². The molecule has 0 unspecified atom stereocenters. The first kappa shape index (κ1) is 19.9. The van der Waals surface area contributed by atoms with Gasteiger partial charge in [-0.05, 0) is 31.0 Å². The Bertz CT molecular complexity index is 758. The lowest BCUT2D eigenvalue weighted by molar-refractivity contribution is -0.137. The molecule has 0 aliphatic heterocycles. The summed E-state index contributed by atoms with van der Waals surface area (Å²) in [5, 5.41) is 11.8. The molecule has 0 saturated heterocycles. The normalized spacial score (nSPS) is 10.8. The van der Waals surface area contributed by atoms with Gasteiger partial charge in [0.15, 0.2) is 0 Å². The summed E-state index contributed by atoms with van der Waals surface area (Å²) in [5.74, 6) is -0.263. The maximum Gasteiger partial charge on any atom is 0.305 e. The number of nitrogens with zero attached hydrogens (tertiary/aromatic N) is 2. The van der Waals surface area contributed by atoms with Crippen LogP contribution < -0.4 is 4.74 Å². The number of benzene rings is 1. The highest BCUT2D eigenvalue weighted by molar-refractivity contribution is 7.09. The zero-order valence-electron chi connectivity index (χ0n) is 15.3. The van der Waals surface area contributed by atoms with Gasteiger partial charge in [0, 0.05) is 24.0 Å². The van der Waals surface area contributed by atoms with Crippen molar-refractivity contribution in [1.29, 1.82) is 0 Å². The van der Waals surface area contributed by atoms with E-state index in [1.54, 1.807) is 40.5 Å². The number of rotatable bonds is 9. The number of hydrogen-bond acceptors (Lipinski definition) is 5. The molecule has 0 aliphatic rings. The molecule has 0 fully saturated rings. The van der Waals surface area contributed by atoms with Gasteiger partial charge >= 0.3 is 5.97 Å². The van der Waals surface area contributed by atoms with Crippen LogP contribution in [0.1, 0.15) is 41.3 Å². The van der Waals surface area contributed by atoms with Crippen molar-refractivity contribution in [2.24, 2.45) is 5.92 Å². The summed E-state index contributed by atoms with van der Waals surface area (Å²) in [6.07, 6.45) is -0.0716. The molecule has 1 aromatic heterocycles. The fraction of sp³-hybridized carbons (Fsp3) is 0.421. The van der Waals surface area contributed by atoms with Crippen LogP contribution in [0, 0.1) is 12.8 Å². The quantitative estimate of drug-likeness (QED) is 0.723. The van der Waals surface area contributed by atoms with E-state index in [-0.39, 0.29) is 24.8 Å². The largest absolute Gasteiger partial charge is 0.487 e. The first-order chi connectivity index (χ1) is 12.3. The van der Waals surface area contributed by atoms with Gasteiger partial charge in [-0.2, -0.15) is 0 Å². The molecule has 0 radical (unpaired) electrons. The number of aliphatic carboxylic acids is 1. The molecule has 26 heavy (non-hydrogen) atoms. The molecule has 140 valence electrons. The van der Waals surface area contributed by atoms with Crippen LogP contribution in [-0.2, 0) is 11.4 Å². The Kier molecular flexibility index (Phi) is 7.15. The molecule has 1 amide bonds. The molecule has 0 bridgehead atoms. The summed E-state index contributed by atoms with van der Waals surface area (Å²) in [5.41, 5.74) is 1.34. The molecule has 6 nitrogen and oxygen atoms in total. The minimum Gasteiger partial charge on any atom is -0.487 e. The molecule has 1 heterocycles. The van der Waals surface area contributed by atoms with E-state index in [4.69, 9.17) is 9.84 Å². The summed E-state index contributed by atoms with van der Waals surface area (Å²) in [6.45, 7) is 6.97. The summed E-state index contributed by atoms with van der Waals surface area (Å²) in [7, 11) is 0. The first-order valence-corrected chi connectivity index (χ1v) is 9.38. The highest BCUT2D eigenvalue weighted by Crippen LogP contribution is 2.18. The van der Waals surface area contributed by atoms with Crippen LogP contribution in [0.3, 0.4) is 0 Å². The van der Waals surface area contributed by atoms with E-state index in [9.17, 15) is 9.59 Å². The van der Waals surface area contributed by atoms with Gasteiger partial charge < -0.3 is 14.7 Å². The van der Waals surface area contributed by atoms with Gasteiger partial charge in [-0.1, -0.05) is 19.9 Å². The van der Waals surface area contributed by atoms with Crippen molar-refractivity contribution in [2.75, 3.05) is 13.1 Å². The molecule has 2 aromatic rings. The number of carboxylic acids is 1. The highest BCUT2D eigenvalue weighted by atomic mass is 32.1. The zero-order valence-corrected chi connectivity index (χ0v) is 16.1. The van der Waals surface area contributed by atoms with Crippen LogP contribution in [0.4, 0.5) is 0 Å². The number of aromatic nitrogens is 1. The van der Waals surface area contributed by atoms with E-state index in [0.717, 1.165) is 10.7 Å². The van der Waals surface area contributed by atoms with Gasteiger partial charge in [0.05, 0.1) is 17.1 Å². The minimum atomic E-state index is -0.915. The van der Waals surface area contributed by atoms with Crippen molar-refractivity contribution < 1.29 is 19.4 Å². The third-order valence-electron chi connectivity index (χ3n) is 3.60. The van der Waals surface area contributed by atoms with Crippen molar-refractivity contribution in [3.05, 3.63) is 45.9 Å². The lowest BCUT2D eigenvalue weighted by Crippen LogP contribution is -2.36. The molecule has 0 aliphatic carbocycles. The fourth-order valence-corrected chi connectivity index (χ4v) is 3.08. The molecule has 0 spiro atoms. The standard InChI is InChI=1S/C19H24N2O4S/c1-13(2)10-21(8-7-18(22)23)19(24)15-5-4-6-17(9-15)25-11-16-12-26-14(3)20-16/h4-6,9,12-13H,7-8,10-11H2,1-3H3,(H,22,23). The van der Waals surface area contributed by atoms with Crippen LogP contribution >= 0.6 is 11.3 Å². The van der Waals surface area contributed by atoms with E-state index in [0.29, 0.717) is 24.5 Å². The predicted molar refractivity (Wildman–Crippen MR) is 101 cm³/mol. The van der Waals surface area contributed by atoms with Crippen LogP contribution in [0.5, 0.6) is 5.75 Å². The maximum absolute atomic E-state index is 12.8. The lowest BCUT2D eigenvalue weighted by atomic mass is 10.1. The second kappa shape index (κ2) is 9.33. The Labute approximate surface area is 157 Å². The Morgan fingerprint density at radius 3 is 2.73 bits per heavy atom. The van der Waals surface area contributed by atoms with Gasteiger partial charge in [0.25, 0.3) is 5.91 Å². The molecule has 7 heteroatoms. The van der Waals surface area contributed by atoms with E-state index in [1.165, 1.54) is 0 Å². The number of amides is 1. The average Bonchev–Trinajstić information content (AvgIpc) is 3.01. The molecule has 0 saturated carbocycles. The second-order valence-corrected chi connectivity index (χ2v) is 7.53. The topological polar surface area (TPSA) is 79.7 Å². The van der Waals surface area contributed by atoms with Crippen LogP contribution in [0.25, 0.3) is 0 Å². The fourth-order valence-electron chi connectivity index (χ4n) is 2.48. The lowest BCUT2D eigenvalue weighted by Gasteiger charge is -2.24. The SMILES string of the molecule is Cc1nc(COc2cccc(C(=O)N(CCC(=O)O)CC(C)C)c2)cs1. The molecular formula is C19H24N2O4S. The third-order valence-corrected chi connectivity index (χ3v) is 4.42. The summed E-state index contributed by atoms with van der Waals surface area (Å²) < 4.78 is 5.73. The molecule has 1 N–H and O–H groups in total. The van der Waals surface area contributed by atoms with Gasteiger partial charge in [-0.25, -0.2) is 4.98 Å². The number of aryl methyl sites for hydroxylation is 1. The van der Waals surface area contributed by atoms with Crippen molar-refractivity contribution >= 4 is 23.2 Å². The Morgan fingerprint density at radius 2 is 2.12 bits per heavy atom. The van der Waals surface area contributed by atoms with E-state index < -0.39 is 5.97 Å². The zero-order chi connectivity index (χ0) is 19.1. The Hall–Kier alpha value is -2.41. The van der Waals surface area contributed by atoms with Gasteiger partial charge in [-0.3, -0.25) is 9.59 Å². The van der Waals surface area contributed by atoms with Crippen LogP contribution in [0.15, 0.2) is 29.6 Å². The van der Waals surface area contributed by atoms with E-state index >= 15 is 0 Å². The molecule has 1 aromatic carbocycles. The van der Waals surface area contributed by atoms with Crippen LogP contribution in [-0.4, -0.2) is 40.0 Å². The summed E-state index contributed by atoms with van der Waals surface area (Å²) in [4.78, 5) is 29.6. The predicted octanol–water partition coefficient (Wildman–Crippen LogP) is 3.60. The van der Waals surface area contributed by atoms with E-state index in [2.05, 4.69) is 4.98 Å². The Morgan fingerprint density at radius 1 is 1.35 bits per heavy atom. The van der Waals surface area contributed by atoms with Gasteiger partial charge in [0.2, 0.25) is 0 Å². The summed E-state index contributed by atoms with van der Waals surface area (Å²) >= 11 is 1.57. The van der Waals surface area contributed by atoms with Crippen molar-refractivity contribution in [2.45, 2.75) is 33.8 Å². The first-order valence-electron chi connectivity index (χ1n) is 8.50. The Balaban J connectivity index is 2.07. The molecule has 0 atom stereocenters. The average molecular weight is 376 g/mol. The summed E-state index contributed by atoms with van der Waals surface area (Å²) in [6, 6.07) is 6.96. The number of thiazole rings is 1. The van der Waals surface area contributed by atoms with Gasteiger partial charge in [-0.15, -0.1) is 11.3 Å². The molecular weight excluding hydrogens is 352 g/mol.